The van der Waals surface area contributed by atoms with Crippen molar-refractivity contribution >= 4 is 11.9 Å². The Morgan fingerprint density at radius 3 is 1.33 bits per heavy atom. The van der Waals surface area contributed by atoms with Gasteiger partial charge in [0.05, 0.1) is 6.61 Å². The molecule has 33 heavy (non-hydrogen) atoms. The minimum atomic E-state index is -0.757. The van der Waals surface area contributed by atoms with Crippen LogP contribution in [0.25, 0.3) is 0 Å². The summed E-state index contributed by atoms with van der Waals surface area (Å²) in [4.78, 5) is 23.8. The molecule has 5 heteroatoms. The number of hydrogen-bond acceptors (Lipinski definition) is 5. The Hall–Kier alpha value is -1.10. The average molecular weight is 471 g/mol. The monoisotopic (exact) mass is 470 g/mol. The number of carbonyl (C=O) groups is 2. The Morgan fingerprint density at radius 1 is 0.576 bits per heavy atom. The number of aliphatic hydroxyl groups excluding tert-OH is 1. The molecule has 1 atom stereocenters. The van der Waals surface area contributed by atoms with Crippen LogP contribution < -0.4 is 0 Å². The molecule has 196 valence electrons. The predicted molar refractivity (Wildman–Crippen MR) is 136 cm³/mol. The molecule has 0 aromatic heterocycles. The van der Waals surface area contributed by atoms with Gasteiger partial charge in [0.1, 0.15) is 6.61 Å². The lowest BCUT2D eigenvalue weighted by atomic mass is 10.0. The first kappa shape index (κ1) is 31.9. The van der Waals surface area contributed by atoms with E-state index >= 15 is 0 Å². The molecule has 0 aromatic rings. The van der Waals surface area contributed by atoms with Gasteiger partial charge in [-0.05, 0) is 12.8 Å². The number of ether oxygens (including phenoxy) is 2. The maximum atomic E-state index is 12.0. The van der Waals surface area contributed by atoms with Gasteiger partial charge >= 0.3 is 11.9 Å². The van der Waals surface area contributed by atoms with E-state index in [4.69, 9.17) is 9.47 Å². The van der Waals surface area contributed by atoms with Gasteiger partial charge in [-0.2, -0.15) is 0 Å². The van der Waals surface area contributed by atoms with E-state index in [0.29, 0.717) is 12.8 Å². The molecule has 1 N–H and O–H groups in total. The van der Waals surface area contributed by atoms with E-state index in [1.165, 1.54) is 83.5 Å². The van der Waals surface area contributed by atoms with Crippen LogP contribution in [0.2, 0.25) is 0 Å². The number of unbranched alkanes of at least 4 members (excludes halogenated alkanes) is 17. The summed E-state index contributed by atoms with van der Waals surface area (Å²) >= 11 is 0. The lowest BCUT2D eigenvalue weighted by Gasteiger charge is -2.15. The molecule has 0 rings (SSSR count). The molecule has 0 spiro atoms. The molecule has 1 unspecified atom stereocenters. The van der Waals surface area contributed by atoms with Crippen LogP contribution in [0, 0.1) is 0 Å². The quantitative estimate of drug-likeness (QED) is 0.109. The second-order valence-electron chi connectivity index (χ2n) is 9.49. The van der Waals surface area contributed by atoms with E-state index in [-0.39, 0.29) is 25.2 Å². The summed E-state index contributed by atoms with van der Waals surface area (Å²) in [5, 5.41) is 9.41. The van der Waals surface area contributed by atoms with E-state index < -0.39 is 6.10 Å². The van der Waals surface area contributed by atoms with Gasteiger partial charge in [0.15, 0.2) is 6.10 Å². The highest BCUT2D eigenvalue weighted by Crippen LogP contribution is 2.13. The van der Waals surface area contributed by atoms with Gasteiger partial charge in [-0.25, -0.2) is 0 Å². The molecule has 0 saturated carbocycles. The fraction of sp³-hybridized carbons (Fsp3) is 0.929. The van der Waals surface area contributed by atoms with Crippen molar-refractivity contribution in [1.29, 1.82) is 0 Å². The predicted octanol–water partition coefficient (Wildman–Crippen LogP) is 7.67. The molecule has 0 fully saturated rings. The maximum absolute atomic E-state index is 12.0. The van der Waals surface area contributed by atoms with Gasteiger partial charge in [0.2, 0.25) is 0 Å². The van der Waals surface area contributed by atoms with Crippen molar-refractivity contribution in [2.75, 3.05) is 13.2 Å². The first-order valence-corrected chi connectivity index (χ1v) is 14.1. The molecule has 0 aromatic carbocycles. The number of aliphatic hydroxyl groups is 1. The van der Waals surface area contributed by atoms with E-state index in [1.807, 2.05) is 0 Å². The number of carbonyl (C=O) groups excluding carboxylic acids is 2. The Balaban J connectivity index is 3.58. The van der Waals surface area contributed by atoms with Crippen molar-refractivity contribution < 1.29 is 24.2 Å². The van der Waals surface area contributed by atoms with Gasteiger partial charge in [-0.15, -0.1) is 0 Å². The minimum absolute atomic E-state index is 0.0595. The molecule has 0 aliphatic carbocycles. The summed E-state index contributed by atoms with van der Waals surface area (Å²) in [6.07, 6.45) is 23.0. The maximum Gasteiger partial charge on any atom is 0.306 e. The smallest absolute Gasteiger partial charge is 0.306 e. The molecule has 0 aliphatic rings. The number of hydrogen-bond donors (Lipinski definition) is 1. The first-order chi connectivity index (χ1) is 16.1. The Kier molecular flexibility index (Phi) is 24.7. The van der Waals surface area contributed by atoms with Crippen molar-refractivity contribution in [2.24, 2.45) is 0 Å². The summed E-state index contributed by atoms with van der Waals surface area (Å²) in [5.74, 6) is -0.594. The second kappa shape index (κ2) is 25.5. The zero-order valence-electron chi connectivity index (χ0n) is 21.9. The van der Waals surface area contributed by atoms with E-state index in [9.17, 15) is 14.7 Å². The fourth-order valence-electron chi connectivity index (χ4n) is 3.96. The summed E-state index contributed by atoms with van der Waals surface area (Å²) in [5.41, 5.74) is 0. The van der Waals surface area contributed by atoms with Crippen LogP contribution in [0.4, 0.5) is 0 Å². The Bertz CT molecular complexity index is 438. The van der Waals surface area contributed by atoms with E-state index in [1.54, 1.807) is 0 Å². The highest BCUT2D eigenvalue weighted by molar-refractivity contribution is 5.70. The van der Waals surface area contributed by atoms with Crippen molar-refractivity contribution in [2.45, 2.75) is 155 Å². The van der Waals surface area contributed by atoms with Gasteiger partial charge in [0, 0.05) is 12.8 Å². The number of rotatable bonds is 25. The largest absolute Gasteiger partial charge is 0.462 e. The van der Waals surface area contributed by atoms with Crippen molar-refractivity contribution in [3.05, 3.63) is 0 Å². The van der Waals surface area contributed by atoms with Crippen molar-refractivity contribution in [3.63, 3.8) is 0 Å². The van der Waals surface area contributed by atoms with Crippen LogP contribution in [0.5, 0.6) is 0 Å². The highest BCUT2D eigenvalue weighted by atomic mass is 16.6. The normalized spacial score (nSPS) is 12.0. The Morgan fingerprint density at radius 2 is 0.939 bits per heavy atom. The summed E-state index contributed by atoms with van der Waals surface area (Å²) in [6.45, 7) is 4.07. The van der Waals surface area contributed by atoms with Crippen molar-refractivity contribution in [3.8, 4) is 0 Å². The zero-order valence-corrected chi connectivity index (χ0v) is 21.9. The Labute approximate surface area is 204 Å². The lowest BCUT2D eigenvalue weighted by Crippen LogP contribution is -2.28. The van der Waals surface area contributed by atoms with E-state index in [2.05, 4.69) is 13.8 Å². The number of esters is 2. The highest BCUT2D eigenvalue weighted by Gasteiger charge is 2.16. The molecule has 0 amide bonds. The van der Waals surface area contributed by atoms with Crippen LogP contribution >= 0.6 is 0 Å². The third kappa shape index (κ3) is 23.8. The summed E-state index contributed by atoms with van der Waals surface area (Å²) in [6, 6.07) is 0. The molecule has 0 radical (unpaired) electrons. The molecule has 0 aliphatic heterocycles. The van der Waals surface area contributed by atoms with Gasteiger partial charge in [-0.3, -0.25) is 9.59 Å². The zero-order chi connectivity index (χ0) is 24.4. The molecule has 0 heterocycles. The first-order valence-electron chi connectivity index (χ1n) is 14.1. The topological polar surface area (TPSA) is 72.8 Å². The van der Waals surface area contributed by atoms with Crippen LogP contribution in [0.1, 0.15) is 149 Å². The molecular formula is C28H54O5. The SMILES string of the molecule is CCCCCCCCCCCCCCC(=O)OC(CO)COC(=O)CCCCCCCCC. The van der Waals surface area contributed by atoms with Gasteiger partial charge in [-0.1, -0.05) is 123 Å². The molecule has 0 saturated heterocycles. The summed E-state index contributed by atoms with van der Waals surface area (Å²) in [7, 11) is 0. The van der Waals surface area contributed by atoms with Crippen LogP contribution in [-0.2, 0) is 19.1 Å². The molecular weight excluding hydrogens is 416 g/mol. The van der Waals surface area contributed by atoms with E-state index in [0.717, 1.165) is 38.5 Å². The molecule has 5 nitrogen and oxygen atoms in total. The standard InChI is InChI=1S/C28H54O5/c1-3-5-7-9-11-12-13-14-15-17-19-21-23-28(31)33-26(24-29)25-32-27(30)22-20-18-16-10-8-6-4-2/h26,29H,3-25H2,1-2H3. The second-order valence-corrected chi connectivity index (χ2v) is 9.49. The van der Waals surface area contributed by atoms with Crippen LogP contribution in [0.15, 0.2) is 0 Å². The third-order valence-electron chi connectivity index (χ3n) is 6.15. The van der Waals surface area contributed by atoms with Crippen molar-refractivity contribution in [1.82, 2.24) is 0 Å². The van der Waals surface area contributed by atoms with Gasteiger partial charge in [0.25, 0.3) is 0 Å². The third-order valence-corrected chi connectivity index (χ3v) is 6.15. The lowest BCUT2D eigenvalue weighted by molar-refractivity contribution is -0.161. The average Bonchev–Trinajstić information content (AvgIpc) is 2.81. The summed E-state index contributed by atoms with van der Waals surface area (Å²) < 4.78 is 10.4. The van der Waals surface area contributed by atoms with Gasteiger partial charge < -0.3 is 14.6 Å². The van der Waals surface area contributed by atoms with Crippen LogP contribution in [-0.4, -0.2) is 36.4 Å². The van der Waals surface area contributed by atoms with Crippen LogP contribution in [0.3, 0.4) is 0 Å². The minimum Gasteiger partial charge on any atom is -0.462 e. The fourth-order valence-corrected chi connectivity index (χ4v) is 3.96. The molecule has 0 bridgehead atoms.